The van der Waals surface area contributed by atoms with E-state index in [-0.39, 0.29) is 31.5 Å². The zero-order valence-electron chi connectivity index (χ0n) is 54.7. The number of ether oxygens (including phenoxy) is 1. The minimum absolute atomic E-state index is 0.0326. The van der Waals surface area contributed by atoms with Crippen LogP contribution >= 0.6 is 7.82 Å². The van der Waals surface area contributed by atoms with Gasteiger partial charge in [0.05, 0.1) is 33.8 Å². The molecule has 0 aliphatic heterocycles. The molecule has 0 aromatic rings. The van der Waals surface area contributed by atoms with Crippen LogP contribution in [0.15, 0.2) is 72.9 Å². The lowest BCUT2D eigenvalue weighted by Gasteiger charge is -2.27. The molecular weight excluding hydrogens is 1040 g/mol. The second-order valence-corrected chi connectivity index (χ2v) is 26.1. The first kappa shape index (κ1) is 79.5. The van der Waals surface area contributed by atoms with Crippen LogP contribution in [0.3, 0.4) is 0 Å². The number of carbonyl (C=O) groups is 2. The Morgan fingerprint density at radius 3 is 1.16 bits per heavy atom. The molecule has 82 heavy (non-hydrogen) atoms. The van der Waals surface area contributed by atoms with Crippen molar-refractivity contribution in [3.63, 3.8) is 0 Å². The largest absolute Gasteiger partial charge is 0.472 e. The minimum atomic E-state index is -4.46. The van der Waals surface area contributed by atoms with E-state index in [0.717, 1.165) is 77.0 Å². The highest BCUT2D eigenvalue weighted by Gasteiger charge is 2.30. The van der Waals surface area contributed by atoms with Crippen LogP contribution in [0.4, 0.5) is 0 Å². The maximum Gasteiger partial charge on any atom is 0.472 e. The van der Waals surface area contributed by atoms with Gasteiger partial charge in [0.2, 0.25) is 5.91 Å². The van der Waals surface area contributed by atoms with E-state index < -0.39 is 20.0 Å². The van der Waals surface area contributed by atoms with E-state index in [4.69, 9.17) is 13.8 Å². The Kier molecular flexibility index (Phi) is 59.6. The molecule has 0 radical (unpaired) electrons. The molecule has 478 valence electrons. The van der Waals surface area contributed by atoms with Crippen molar-refractivity contribution in [1.82, 2.24) is 5.32 Å². The summed E-state index contributed by atoms with van der Waals surface area (Å²) in [6.07, 6.45) is 80.6. The number of rotatable bonds is 63. The number of phosphoric acid groups is 1. The number of nitrogens with zero attached hydrogens (tertiary/aromatic N) is 1. The average molecular weight is 1170 g/mol. The molecule has 0 aromatic carbocycles. The van der Waals surface area contributed by atoms with Gasteiger partial charge < -0.3 is 19.4 Å². The van der Waals surface area contributed by atoms with Gasteiger partial charge in [-0.1, -0.05) is 280 Å². The molecule has 3 unspecified atom stereocenters. The molecule has 0 rings (SSSR count). The standard InChI is InChI=1S/C72H133N2O7P/c1-7-10-13-16-19-22-25-28-30-32-34-35-36-37-38-39-41-43-45-47-50-53-56-59-62-65-72(76)81-70(63-60-57-54-51-48-27-24-21-18-15-12-9-3)69(68-80-82(77,78)79-67-66-74(4,5)6)73-71(75)64-61-58-55-52-49-46-44-42-40-33-31-29-26-23-20-17-14-11-8-2/h20,23,28-31,40,42,46,49,60,63,69-70H,7-19,21-22,24-27,32-39,41,43-45,47-48,50-59,61-62,64-68H2,1-6H3,(H-,73,75,77,78)/p+1/b23-20-,30-28+,31-29-,42-40-,49-46-,63-60-. The highest BCUT2D eigenvalue weighted by Crippen LogP contribution is 2.43. The summed E-state index contributed by atoms with van der Waals surface area (Å²) >= 11 is 0. The van der Waals surface area contributed by atoms with Crippen molar-refractivity contribution in [2.75, 3.05) is 40.9 Å². The molecule has 0 saturated heterocycles. The number of unbranched alkanes of at least 4 members (excludes halogenated alkanes) is 37. The quantitative estimate of drug-likeness (QED) is 0.0205. The fraction of sp³-hybridized carbons (Fsp3) is 0.806. The van der Waals surface area contributed by atoms with Crippen molar-refractivity contribution in [2.45, 2.75) is 335 Å². The van der Waals surface area contributed by atoms with Gasteiger partial charge in [-0.2, -0.15) is 0 Å². The summed E-state index contributed by atoms with van der Waals surface area (Å²) in [4.78, 5) is 37.8. The topological polar surface area (TPSA) is 111 Å². The first-order valence-corrected chi connectivity index (χ1v) is 36.3. The number of carbonyl (C=O) groups excluding carboxylic acids is 2. The van der Waals surface area contributed by atoms with Gasteiger partial charge in [0, 0.05) is 12.8 Å². The Labute approximate surface area is 508 Å². The van der Waals surface area contributed by atoms with Crippen molar-refractivity contribution < 1.29 is 37.3 Å². The second kappa shape index (κ2) is 61.5. The first-order chi connectivity index (χ1) is 39.9. The number of amides is 1. The molecular formula is C72H134N2O7P+. The molecule has 10 heteroatoms. The normalized spacial score (nSPS) is 14.0. The lowest BCUT2D eigenvalue weighted by Crippen LogP contribution is -2.47. The lowest BCUT2D eigenvalue weighted by atomic mass is 10.0. The molecule has 0 bridgehead atoms. The summed E-state index contributed by atoms with van der Waals surface area (Å²) < 4.78 is 30.8. The molecule has 0 fully saturated rings. The third-order valence-electron chi connectivity index (χ3n) is 15.4. The van der Waals surface area contributed by atoms with E-state index >= 15 is 0 Å². The number of hydrogen-bond donors (Lipinski definition) is 2. The summed E-state index contributed by atoms with van der Waals surface area (Å²) in [5, 5.41) is 3.05. The minimum Gasteiger partial charge on any atom is -0.456 e. The molecule has 1 amide bonds. The maximum atomic E-state index is 13.6. The zero-order valence-corrected chi connectivity index (χ0v) is 55.6. The van der Waals surface area contributed by atoms with Crippen LogP contribution in [0.1, 0.15) is 323 Å². The second-order valence-electron chi connectivity index (χ2n) is 24.7. The Bertz CT molecular complexity index is 1630. The van der Waals surface area contributed by atoms with Gasteiger partial charge in [-0.3, -0.25) is 18.6 Å². The van der Waals surface area contributed by atoms with Crippen molar-refractivity contribution in [3.8, 4) is 0 Å². The fourth-order valence-corrected chi connectivity index (χ4v) is 10.7. The van der Waals surface area contributed by atoms with Crippen LogP contribution in [-0.2, 0) is 27.9 Å². The van der Waals surface area contributed by atoms with Crippen LogP contribution in [0.2, 0.25) is 0 Å². The number of esters is 1. The smallest absolute Gasteiger partial charge is 0.456 e. The molecule has 3 atom stereocenters. The van der Waals surface area contributed by atoms with E-state index in [1.54, 1.807) is 0 Å². The Hall–Kier alpha value is -2.55. The molecule has 2 N–H and O–H groups in total. The lowest BCUT2D eigenvalue weighted by molar-refractivity contribution is -0.870. The molecule has 9 nitrogen and oxygen atoms in total. The van der Waals surface area contributed by atoms with E-state index in [1.807, 2.05) is 33.3 Å². The van der Waals surface area contributed by atoms with E-state index in [0.29, 0.717) is 23.9 Å². The van der Waals surface area contributed by atoms with Crippen LogP contribution in [0, 0.1) is 0 Å². The van der Waals surface area contributed by atoms with Gasteiger partial charge in [-0.25, -0.2) is 4.57 Å². The third kappa shape index (κ3) is 62.0. The van der Waals surface area contributed by atoms with E-state index in [1.165, 1.54) is 205 Å². The van der Waals surface area contributed by atoms with Crippen molar-refractivity contribution in [3.05, 3.63) is 72.9 Å². The Morgan fingerprint density at radius 2 is 0.744 bits per heavy atom. The van der Waals surface area contributed by atoms with Gasteiger partial charge in [0.1, 0.15) is 19.3 Å². The maximum absolute atomic E-state index is 13.6. The summed E-state index contributed by atoms with van der Waals surface area (Å²) in [7, 11) is 1.48. The van der Waals surface area contributed by atoms with E-state index in [2.05, 4.69) is 86.8 Å². The summed E-state index contributed by atoms with van der Waals surface area (Å²) in [6.45, 7) is 6.98. The van der Waals surface area contributed by atoms with E-state index in [9.17, 15) is 19.0 Å². The van der Waals surface area contributed by atoms with Gasteiger partial charge in [0.25, 0.3) is 0 Å². The SMILES string of the molecule is CCCCC/C=C\C/C=C\C/C=C\C/C=C\CCCCCC(=O)NC(COP(=O)(O)OCC[N+](C)(C)C)C(/C=C\CCCCCCCCCCCC)OC(=O)CCCCCCCCCCCCCCCCC/C=C/CCCCCCCC. The highest BCUT2D eigenvalue weighted by atomic mass is 31.2. The number of nitrogens with one attached hydrogen (secondary N) is 1. The highest BCUT2D eigenvalue weighted by molar-refractivity contribution is 7.47. The number of likely N-dealkylation sites (N-methyl/N-ethyl adjacent to an activating group) is 1. The molecule has 0 aliphatic carbocycles. The molecule has 0 saturated carbocycles. The summed E-state index contributed by atoms with van der Waals surface area (Å²) in [6, 6.07) is -0.867. The fourth-order valence-electron chi connectivity index (χ4n) is 9.98. The number of hydrogen-bond acceptors (Lipinski definition) is 6. The summed E-state index contributed by atoms with van der Waals surface area (Å²) in [5.41, 5.74) is 0. The Morgan fingerprint density at radius 1 is 0.427 bits per heavy atom. The van der Waals surface area contributed by atoms with Gasteiger partial charge in [-0.05, 0) is 102 Å². The molecule has 0 aromatic heterocycles. The Balaban J connectivity index is 5.12. The van der Waals surface area contributed by atoms with Crippen molar-refractivity contribution in [1.29, 1.82) is 0 Å². The average Bonchev–Trinajstić information content (AvgIpc) is 3.47. The van der Waals surface area contributed by atoms with Crippen LogP contribution in [0.5, 0.6) is 0 Å². The zero-order chi connectivity index (χ0) is 60.0. The first-order valence-electron chi connectivity index (χ1n) is 34.8. The third-order valence-corrected chi connectivity index (χ3v) is 16.4. The number of allylic oxidation sites excluding steroid dienone is 11. The van der Waals surface area contributed by atoms with Crippen LogP contribution < -0.4 is 5.32 Å². The molecule has 0 aliphatic rings. The molecule has 0 heterocycles. The van der Waals surface area contributed by atoms with Gasteiger partial charge in [-0.15, -0.1) is 0 Å². The van der Waals surface area contributed by atoms with Gasteiger partial charge in [0.15, 0.2) is 0 Å². The number of phosphoric ester groups is 1. The van der Waals surface area contributed by atoms with Crippen molar-refractivity contribution in [2.24, 2.45) is 0 Å². The predicted octanol–water partition coefficient (Wildman–Crippen LogP) is 22.0. The predicted molar refractivity (Wildman–Crippen MR) is 355 cm³/mol. The van der Waals surface area contributed by atoms with Crippen LogP contribution in [0.25, 0.3) is 0 Å². The van der Waals surface area contributed by atoms with Crippen molar-refractivity contribution >= 4 is 19.7 Å². The molecule has 0 spiro atoms. The summed E-state index contributed by atoms with van der Waals surface area (Å²) in [5.74, 6) is -0.532. The van der Waals surface area contributed by atoms with Gasteiger partial charge >= 0.3 is 13.8 Å². The monoisotopic (exact) mass is 1170 g/mol. The number of quaternary nitrogens is 1. The van der Waals surface area contributed by atoms with Crippen LogP contribution in [-0.4, -0.2) is 74.3 Å².